The van der Waals surface area contributed by atoms with Crippen LogP contribution in [0.4, 0.5) is 5.69 Å². The van der Waals surface area contributed by atoms with Crippen LogP contribution < -0.4 is 4.90 Å². The van der Waals surface area contributed by atoms with E-state index in [1.807, 2.05) is 4.90 Å². The van der Waals surface area contributed by atoms with Crippen LogP contribution in [0.1, 0.15) is 24.8 Å². The monoisotopic (exact) mass is 323 g/mol. The molecule has 22 heavy (non-hydrogen) atoms. The van der Waals surface area contributed by atoms with E-state index in [9.17, 15) is 13.2 Å². The van der Waals surface area contributed by atoms with Gasteiger partial charge in [0.05, 0.1) is 4.90 Å². The molecule has 1 amide bonds. The van der Waals surface area contributed by atoms with Crippen LogP contribution in [0, 0.1) is 5.92 Å². The SMILES string of the molecule is CS(=O)(=O)c1ccc2c(c1)CCCN2C(=O)C[C@H]1CCOC1. The first-order valence-corrected chi connectivity index (χ1v) is 9.55. The van der Waals surface area contributed by atoms with Gasteiger partial charge < -0.3 is 9.64 Å². The molecule has 2 aliphatic heterocycles. The molecule has 0 radical (unpaired) electrons. The maximum atomic E-state index is 12.6. The molecule has 5 nitrogen and oxygen atoms in total. The van der Waals surface area contributed by atoms with E-state index >= 15 is 0 Å². The highest BCUT2D eigenvalue weighted by Gasteiger charge is 2.27. The van der Waals surface area contributed by atoms with Gasteiger partial charge in [-0.25, -0.2) is 8.42 Å². The number of carbonyl (C=O) groups excluding carboxylic acids is 1. The summed E-state index contributed by atoms with van der Waals surface area (Å²) in [5, 5.41) is 0. The van der Waals surface area contributed by atoms with E-state index < -0.39 is 9.84 Å². The zero-order chi connectivity index (χ0) is 15.7. The second kappa shape index (κ2) is 6.01. The lowest BCUT2D eigenvalue weighted by Gasteiger charge is -2.30. The quantitative estimate of drug-likeness (QED) is 0.851. The first-order valence-electron chi connectivity index (χ1n) is 7.66. The standard InChI is InChI=1S/C16H21NO4S/c1-22(19,20)14-4-5-15-13(10-14)3-2-7-17(15)16(18)9-12-6-8-21-11-12/h4-5,10,12H,2-3,6-9,11H2,1H3/t12-/m1/s1. The van der Waals surface area contributed by atoms with Gasteiger partial charge in [0.15, 0.2) is 9.84 Å². The molecule has 0 N–H and O–H groups in total. The number of nitrogens with zero attached hydrogens (tertiary/aromatic N) is 1. The molecule has 1 fully saturated rings. The van der Waals surface area contributed by atoms with Gasteiger partial charge in [-0.05, 0) is 48.9 Å². The Bertz CT molecular complexity index is 677. The van der Waals surface area contributed by atoms with E-state index in [1.54, 1.807) is 18.2 Å². The third-order valence-electron chi connectivity index (χ3n) is 4.39. The van der Waals surface area contributed by atoms with Crippen molar-refractivity contribution in [3.63, 3.8) is 0 Å². The zero-order valence-corrected chi connectivity index (χ0v) is 13.6. The molecular weight excluding hydrogens is 302 g/mol. The second-order valence-electron chi connectivity index (χ2n) is 6.15. The van der Waals surface area contributed by atoms with E-state index in [0.717, 1.165) is 37.1 Å². The van der Waals surface area contributed by atoms with Crippen molar-refractivity contribution in [2.24, 2.45) is 5.92 Å². The minimum absolute atomic E-state index is 0.114. The molecule has 1 saturated heterocycles. The van der Waals surface area contributed by atoms with Crippen molar-refractivity contribution in [1.82, 2.24) is 0 Å². The van der Waals surface area contributed by atoms with E-state index in [0.29, 0.717) is 30.4 Å². The predicted molar refractivity (Wildman–Crippen MR) is 83.8 cm³/mol. The summed E-state index contributed by atoms with van der Waals surface area (Å²) in [6.45, 7) is 2.11. The lowest BCUT2D eigenvalue weighted by Crippen LogP contribution is -2.36. The number of hydrogen-bond acceptors (Lipinski definition) is 4. The number of rotatable bonds is 3. The van der Waals surface area contributed by atoms with Crippen LogP contribution in [-0.4, -0.2) is 40.3 Å². The first kappa shape index (κ1) is 15.5. The number of ether oxygens (including phenoxy) is 1. The number of benzene rings is 1. The molecule has 0 aromatic heterocycles. The van der Waals surface area contributed by atoms with Gasteiger partial charge in [-0.15, -0.1) is 0 Å². The van der Waals surface area contributed by atoms with E-state index in [2.05, 4.69) is 0 Å². The van der Waals surface area contributed by atoms with Crippen molar-refractivity contribution in [3.05, 3.63) is 23.8 Å². The maximum Gasteiger partial charge on any atom is 0.227 e. The number of carbonyl (C=O) groups is 1. The molecule has 1 aromatic rings. The van der Waals surface area contributed by atoms with Crippen LogP contribution >= 0.6 is 0 Å². The van der Waals surface area contributed by atoms with Gasteiger partial charge in [0.2, 0.25) is 5.91 Å². The largest absolute Gasteiger partial charge is 0.381 e. The van der Waals surface area contributed by atoms with E-state index in [-0.39, 0.29) is 5.91 Å². The smallest absolute Gasteiger partial charge is 0.227 e. The fourth-order valence-electron chi connectivity index (χ4n) is 3.16. The average molecular weight is 323 g/mol. The van der Waals surface area contributed by atoms with Gasteiger partial charge in [-0.1, -0.05) is 0 Å². The van der Waals surface area contributed by atoms with Crippen LogP contribution in [0.2, 0.25) is 0 Å². The fourth-order valence-corrected chi connectivity index (χ4v) is 3.84. The number of amides is 1. The highest BCUT2D eigenvalue weighted by Crippen LogP contribution is 2.31. The van der Waals surface area contributed by atoms with Gasteiger partial charge in [0.25, 0.3) is 0 Å². The van der Waals surface area contributed by atoms with Gasteiger partial charge >= 0.3 is 0 Å². The Morgan fingerprint density at radius 1 is 1.41 bits per heavy atom. The molecule has 2 aliphatic rings. The Hall–Kier alpha value is -1.40. The molecule has 0 unspecified atom stereocenters. The Morgan fingerprint density at radius 3 is 2.91 bits per heavy atom. The third kappa shape index (κ3) is 3.17. The molecule has 120 valence electrons. The number of hydrogen-bond donors (Lipinski definition) is 0. The molecule has 1 atom stereocenters. The summed E-state index contributed by atoms with van der Waals surface area (Å²) in [4.78, 5) is 14.7. The van der Waals surface area contributed by atoms with Gasteiger partial charge in [0, 0.05) is 38.1 Å². The molecule has 6 heteroatoms. The third-order valence-corrected chi connectivity index (χ3v) is 5.50. The number of sulfone groups is 1. The lowest BCUT2D eigenvalue weighted by atomic mass is 9.99. The molecule has 2 heterocycles. The summed E-state index contributed by atoms with van der Waals surface area (Å²) in [5.41, 5.74) is 1.81. The zero-order valence-electron chi connectivity index (χ0n) is 12.7. The summed E-state index contributed by atoms with van der Waals surface area (Å²) in [7, 11) is -3.21. The highest BCUT2D eigenvalue weighted by molar-refractivity contribution is 7.90. The molecule has 3 rings (SSSR count). The van der Waals surface area contributed by atoms with Crippen molar-refractivity contribution in [2.45, 2.75) is 30.6 Å². The molecule has 0 saturated carbocycles. The predicted octanol–water partition coefficient (Wildman–Crippen LogP) is 1.80. The summed E-state index contributed by atoms with van der Waals surface area (Å²) in [6.07, 6.45) is 4.34. The fraction of sp³-hybridized carbons (Fsp3) is 0.562. The minimum Gasteiger partial charge on any atom is -0.381 e. The molecular formula is C16H21NO4S. The van der Waals surface area contributed by atoms with Gasteiger partial charge in [0.1, 0.15) is 0 Å². The summed E-state index contributed by atoms with van der Waals surface area (Å²) >= 11 is 0. The topological polar surface area (TPSA) is 63.7 Å². The van der Waals surface area contributed by atoms with Crippen LogP contribution in [0.3, 0.4) is 0 Å². The maximum absolute atomic E-state index is 12.6. The number of fused-ring (bicyclic) bond motifs is 1. The van der Waals surface area contributed by atoms with Crippen LogP contribution in [0.5, 0.6) is 0 Å². The van der Waals surface area contributed by atoms with E-state index in [4.69, 9.17) is 4.74 Å². The molecule has 0 bridgehead atoms. The molecule has 0 spiro atoms. The van der Waals surface area contributed by atoms with Gasteiger partial charge in [-0.2, -0.15) is 0 Å². The van der Waals surface area contributed by atoms with Crippen molar-refractivity contribution in [3.8, 4) is 0 Å². The normalized spacial score (nSPS) is 21.7. The van der Waals surface area contributed by atoms with Crippen molar-refractivity contribution in [2.75, 3.05) is 30.9 Å². The Kier molecular flexibility index (Phi) is 4.23. The van der Waals surface area contributed by atoms with Gasteiger partial charge in [-0.3, -0.25) is 4.79 Å². The van der Waals surface area contributed by atoms with Crippen molar-refractivity contribution >= 4 is 21.4 Å². The van der Waals surface area contributed by atoms with E-state index in [1.165, 1.54) is 6.26 Å². The summed E-state index contributed by atoms with van der Waals surface area (Å²) in [5.74, 6) is 0.428. The Balaban J connectivity index is 1.83. The summed E-state index contributed by atoms with van der Waals surface area (Å²) in [6, 6.07) is 5.08. The van der Waals surface area contributed by atoms with Crippen LogP contribution in [0.15, 0.2) is 23.1 Å². The average Bonchev–Trinajstić information content (AvgIpc) is 2.98. The highest BCUT2D eigenvalue weighted by atomic mass is 32.2. The lowest BCUT2D eigenvalue weighted by molar-refractivity contribution is -0.119. The summed E-state index contributed by atoms with van der Waals surface area (Å²) < 4.78 is 28.7. The molecule has 1 aromatic carbocycles. The molecule has 0 aliphatic carbocycles. The Morgan fingerprint density at radius 2 is 2.23 bits per heavy atom. The first-order chi connectivity index (χ1) is 10.4. The van der Waals surface area contributed by atoms with Crippen LogP contribution in [0.25, 0.3) is 0 Å². The Labute approximate surface area is 131 Å². The number of anilines is 1. The van der Waals surface area contributed by atoms with Crippen molar-refractivity contribution < 1.29 is 17.9 Å². The number of aryl methyl sites for hydroxylation is 1. The van der Waals surface area contributed by atoms with Crippen molar-refractivity contribution in [1.29, 1.82) is 0 Å². The van der Waals surface area contributed by atoms with Crippen LogP contribution in [-0.2, 0) is 25.8 Å². The second-order valence-corrected chi connectivity index (χ2v) is 8.16. The minimum atomic E-state index is -3.21.